The van der Waals surface area contributed by atoms with Gasteiger partial charge in [0.15, 0.2) is 0 Å². The van der Waals surface area contributed by atoms with E-state index < -0.39 is 10.0 Å². The van der Waals surface area contributed by atoms with E-state index in [-0.39, 0.29) is 30.9 Å². The van der Waals surface area contributed by atoms with Crippen LogP contribution >= 0.6 is 24.8 Å². The molecule has 0 bridgehead atoms. The first kappa shape index (κ1) is 19.1. The summed E-state index contributed by atoms with van der Waals surface area (Å²) in [5, 5.41) is 1.54. The van der Waals surface area contributed by atoms with E-state index in [1.807, 2.05) is 6.07 Å². The highest BCUT2D eigenvalue weighted by Gasteiger charge is 2.29. The number of hydrogen-bond donors (Lipinski definition) is 1. The van der Waals surface area contributed by atoms with Gasteiger partial charge in [0.05, 0.1) is 4.90 Å². The summed E-state index contributed by atoms with van der Waals surface area (Å²) in [6, 6.07) is 6.93. The Hall–Kier alpha value is -0.920. The summed E-state index contributed by atoms with van der Waals surface area (Å²) in [5.41, 5.74) is 5.90. The summed E-state index contributed by atoms with van der Waals surface area (Å²) in [6.07, 6.45) is 4.98. The monoisotopic (exact) mass is 363 g/mol. The van der Waals surface area contributed by atoms with Crippen molar-refractivity contribution in [3.63, 3.8) is 0 Å². The zero-order chi connectivity index (χ0) is 14.2. The Bertz CT molecular complexity index is 734. The summed E-state index contributed by atoms with van der Waals surface area (Å²) in [4.78, 5) is 4.37. The standard InChI is InChI=1S/C14H17N3O2S.2ClH/c15-12-4-2-8-17(10-12)20(18,19)14-5-1-3-11-9-16-7-6-13(11)14;;/h1,3,5-7,9,12H,2,4,8,10,15H2;2*1H/t12-;;/m0../s1. The van der Waals surface area contributed by atoms with Crippen LogP contribution in [0.5, 0.6) is 0 Å². The van der Waals surface area contributed by atoms with Crippen molar-refractivity contribution in [2.45, 2.75) is 23.8 Å². The summed E-state index contributed by atoms with van der Waals surface area (Å²) < 4.78 is 27.1. The summed E-state index contributed by atoms with van der Waals surface area (Å²) in [5.74, 6) is 0. The Balaban J connectivity index is 0.00000121. The molecular formula is C14H19Cl2N3O2S. The van der Waals surface area contributed by atoms with E-state index in [0.717, 1.165) is 18.2 Å². The van der Waals surface area contributed by atoms with E-state index in [9.17, 15) is 8.42 Å². The average molecular weight is 364 g/mol. The van der Waals surface area contributed by atoms with Gasteiger partial charge in [-0.2, -0.15) is 4.31 Å². The van der Waals surface area contributed by atoms with Crippen molar-refractivity contribution in [2.75, 3.05) is 13.1 Å². The highest BCUT2D eigenvalue weighted by Crippen LogP contribution is 2.26. The highest BCUT2D eigenvalue weighted by molar-refractivity contribution is 7.89. The number of fused-ring (bicyclic) bond motifs is 1. The fourth-order valence-electron chi connectivity index (χ4n) is 2.65. The van der Waals surface area contributed by atoms with Gasteiger partial charge in [0, 0.05) is 42.3 Å². The van der Waals surface area contributed by atoms with Crippen LogP contribution in [0.15, 0.2) is 41.6 Å². The number of benzene rings is 1. The Kier molecular flexibility index (Phi) is 6.58. The molecule has 0 spiro atoms. The van der Waals surface area contributed by atoms with Crippen molar-refractivity contribution in [1.82, 2.24) is 9.29 Å². The van der Waals surface area contributed by atoms with E-state index in [1.54, 1.807) is 30.6 Å². The Morgan fingerprint density at radius 3 is 2.73 bits per heavy atom. The molecular weight excluding hydrogens is 345 g/mol. The van der Waals surface area contributed by atoms with Crippen LogP contribution in [0.4, 0.5) is 0 Å². The molecule has 2 aromatic rings. The third kappa shape index (κ3) is 3.52. The van der Waals surface area contributed by atoms with Gasteiger partial charge >= 0.3 is 0 Å². The van der Waals surface area contributed by atoms with Gasteiger partial charge in [0.1, 0.15) is 0 Å². The smallest absolute Gasteiger partial charge is 0.243 e. The molecule has 3 rings (SSSR count). The molecule has 1 aliphatic rings. The summed E-state index contributed by atoms with van der Waals surface area (Å²) in [7, 11) is -3.50. The molecule has 1 saturated heterocycles. The van der Waals surface area contributed by atoms with Gasteiger partial charge in [0.25, 0.3) is 0 Å². The maximum Gasteiger partial charge on any atom is 0.243 e. The molecule has 0 amide bonds. The Morgan fingerprint density at radius 2 is 2.00 bits per heavy atom. The van der Waals surface area contributed by atoms with Crippen LogP contribution in [0.3, 0.4) is 0 Å². The maximum atomic E-state index is 12.8. The molecule has 0 saturated carbocycles. The number of nitrogens with two attached hydrogens (primary N) is 1. The quantitative estimate of drug-likeness (QED) is 0.886. The van der Waals surface area contributed by atoms with E-state index >= 15 is 0 Å². The second-order valence-electron chi connectivity index (χ2n) is 5.12. The van der Waals surface area contributed by atoms with Crippen LogP contribution in [0.1, 0.15) is 12.8 Å². The lowest BCUT2D eigenvalue weighted by Crippen LogP contribution is -2.45. The second kappa shape index (κ2) is 7.57. The lowest BCUT2D eigenvalue weighted by atomic mass is 10.1. The van der Waals surface area contributed by atoms with E-state index in [2.05, 4.69) is 4.98 Å². The summed E-state index contributed by atoms with van der Waals surface area (Å²) in [6.45, 7) is 0.932. The molecule has 1 atom stereocenters. The molecule has 0 radical (unpaired) electrons. The minimum atomic E-state index is -3.50. The van der Waals surface area contributed by atoms with Crippen LogP contribution in [-0.2, 0) is 10.0 Å². The first-order chi connectivity index (χ1) is 9.59. The van der Waals surface area contributed by atoms with Crippen molar-refractivity contribution >= 4 is 45.6 Å². The summed E-state index contributed by atoms with van der Waals surface area (Å²) >= 11 is 0. The average Bonchev–Trinajstić information content (AvgIpc) is 2.46. The number of sulfonamides is 1. The lowest BCUT2D eigenvalue weighted by molar-refractivity contribution is 0.316. The number of piperidine rings is 1. The molecule has 22 heavy (non-hydrogen) atoms. The third-order valence-electron chi connectivity index (χ3n) is 3.68. The predicted molar refractivity (Wildman–Crippen MR) is 92.2 cm³/mol. The van der Waals surface area contributed by atoms with Crippen molar-refractivity contribution in [1.29, 1.82) is 0 Å². The lowest BCUT2D eigenvalue weighted by Gasteiger charge is -2.30. The minimum absolute atomic E-state index is 0. The Morgan fingerprint density at radius 1 is 1.23 bits per heavy atom. The van der Waals surface area contributed by atoms with Gasteiger partial charge in [0.2, 0.25) is 10.0 Å². The van der Waals surface area contributed by atoms with Gasteiger partial charge < -0.3 is 5.73 Å². The van der Waals surface area contributed by atoms with Crippen LogP contribution in [0.2, 0.25) is 0 Å². The normalized spacial score (nSPS) is 19.2. The fourth-order valence-corrected chi connectivity index (χ4v) is 4.40. The number of aromatic nitrogens is 1. The fraction of sp³-hybridized carbons (Fsp3) is 0.357. The van der Waals surface area contributed by atoms with Crippen LogP contribution in [-0.4, -0.2) is 36.8 Å². The SMILES string of the molecule is Cl.Cl.N[C@H]1CCCN(S(=O)(=O)c2cccc3cnccc23)C1. The maximum absolute atomic E-state index is 12.8. The minimum Gasteiger partial charge on any atom is -0.327 e. The number of pyridine rings is 1. The molecule has 1 aliphatic heterocycles. The molecule has 2 heterocycles. The van der Waals surface area contributed by atoms with E-state index in [1.165, 1.54) is 4.31 Å². The largest absolute Gasteiger partial charge is 0.327 e. The molecule has 8 heteroatoms. The van der Waals surface area contributed by atoms with E-state index in [4.69, 9.17) is 5.73 Å². The molecule has 1 aromatic carbocycles. The molecule has 0 unspecified atom stereocenters. The second-order valence-corrected chi connectivity index (χ2v) is 7.02. The topological polar surface area (TPSA) is 76.3 Å². The Labute approximate surface area is 142 Å². The van der Waals surface area contributed by atoms with Crippen LogP contribution < -0.4 is 5.73 Å². The van der Waals surface area contributed by atoms with Gasteiger partial charge in [-0.3, -0.25) is 4.98 Å². The zero-order valence-corrected chi connectivity index (χ0v) is 14.3. The molecule has 122 valence electrons. The van der Waals surface area contributed by atoms with E-state index in [0.29, 0.717) is 23.4 Å². The molecule has 0 aliphatic carbocycles. The number of halogens is 2. The van der Waals surface area contributed by atoms with Crippen molar-refractivity contribution in [3.8, 4) is 0 Å². The van der Waals surface area contributed by atoms with Gasteiger partial charge in [-0.1, -0.05) is 12.1 Å². The first-order valence-electron chi connectivity index (χ1n) is 6.67. The van der Waals surface area contributed by atoms with Crippen molar-refractivity contribution in [2.24, 2.45) is 5.73 Å². The number of nitrogens with zero attached hydrogens (tertiary/aromatic N) is 2. The van der Waals surface area contributed by atoms with Crippen molar-refractivity contribution in [3.05, 3.63) is 36.7 Å². The van der Waals surface area contributed by atoms with Gasteiger partial charge in [-0.15, -0.1) is 24.8 Å². The first-order valence-corrected chi connectivity index (χ1v) is 8.11. The predicted octanol–water partition coefficient (Wildman–Crippen LogP) is 2.19. The zero-order valence-electron chi connectivity index (χ0n) is 11.9. The molecule has 1 fully saturated rings. The molecule has 1 aromatic heterocycles. The molecule has 2 N–H and O–H groups in total. The van der Waals surface area contributed by atoms with Gasteiger partial charge in [-0.25, -0.2) is 8.42 Å². The van der Waals surface area contributed by atoms with Crippen LogP contribution in [0, 0.1) is 0 Å². The van der Waals surface area contributed by atoms with Crippen molar-refractivity contribution < 1.29 is 8.42 Å². The number of hydrogen-bond acceptors (Lipinski definition) is 4. The third-order valence-corrected chi connectivity index (χ3v) is 5.60. The van der Waals surface area contributed by atoms with Crippen LogP contribution in [0.25, 0.3) is 10.8 Å². The molecule has 5 nitrogen and oxygen atoms in total. The van der Waals surface area contributed by atoms with Gasteiger partial charge in [-0.05, 0) is 25.0 Å². The number of rotatable bonds is 2. The highest BCUT2D eigenvalue weighted by atomic mass is 35.5.